The van der Waals surface area contributed by atoms with Crippen molar-refractivity contribution in [2.24, 2.45) is 11.3 Å². The van der Waals surface area contributed by atoms with Gasteiger partial charge in [-0.1, -0.05) is 36.1 Å². The number of hydrogen-bond acceptors (Lipinski definition) is 3. The second-order valence-electron chi connectivity index (χ2n) is 10.4. The average molecular weight is 377 g/mol. The summed E-state index contributed by atoms with van der Waals surface area (Å²) < 4.78 is 0. The Hall–Kier alpha value is -0.640. The Kier molecular flexibility index (Phi) is 6.87. The van der Waals surface area contributed by atoms with Crippen molar-refractivity contribution >= 4 is 0 Å². The zero-order valence-electron chi connectivity index (χ0n) is 17.4. The van der Waals surface area contributed by atoms with E-state index in [-0.39, 0.29) is 12.2 Å². The van der Waals surface area contributed by atoms with Crippen LogP contribution in [0.4, 0.5) is 0 Å². The van der Waals surface area contributed by atoms with E-state index in [1.165, 1.54) is 56.9 Å². The molecule has 0 heterocycles. The molecule has 3 aliphatic rings. The number of aliphatic hydroxyl groups is 3. The standard InChI is InChI=1S/C24H40O3/c1-23(2,27)10-3-5-19-9-12-24(17-19)11-4-6-18(16-24)7-8-20-13-21(25)15-22(26)14-20/h7-8,19,21-22,25-27H,3-6,9-17H2,1-2H3/b18-7-/t19-,21+,22+,24+/m0/s1. The maximum Gasteiger partial charge on any atom is 0.0602 e. The van der Waals surface area contributed by atoms with Gasteiger partial charge >= 0.3 is 0 Å². The molecular formula is C24H40O3. The highest BCUT2D eigenvalue weighted by Crippen LogP contribution is 2.53. The average Bonchev–Trinajstić information content (AvgIpc) is 2.93. The normalized spacial score (nSPS) is 36.6. The molecule has 27 heavy (non-hydrogen) atoms. The molecular weight excluding hydrogens is 336 g/mol. The Morgan fingerprint density at radius 2 is 1.78 bits per heavy atom. The number of aliphatic hydroxyl groups excluding tert-OH is 2. The van der Waals surface area contributed by atoms with Gasteiger partial charge in [-0.25, -0.2) is 0 Å². The summed E-state index contributed by atoms with van der Waals surface area (Å²) >= 11 is 0. The number of allylic oxidation sites excluding steroid dienone is 3. The van der Waals surface area contributed by atoms with Crippen LogP contribution in [0.15, 0.2) is 23.3 Å². The molecule has 0 aromatic rings. The van der Waals surface area contributed by atoms with Gasteiger partial charge in [-0.3, -0.25) is 0 Å². The van der Waals surface area contributed by atoms with Gasteiger partial charge in [-0.15, -0.1) is 0 Å². The Balaban J connectivity index is 1.53. The molecule has 0 aromatic carbocycles. The lowest BCUT2D eigenvalue weighted by Crippen LogP contribution is -2.24. The van der Waals surface area contributed by atoms with Gasteiger partial charge in [-0.05, 0) is 95.8 Å². The molecule has 3 saturated carbocycles. The first kappa shape index (κ1) is 21.1. The molecule has 3 nitrogen and oxygen atoms in total. The summed E-state index contributed by atoms with van der Waals surface area (Å²) in [5, 5.41) is 29.7. The molecule has 3 rings (SSSR count). The Morgan fingerprint density at radius 3 is 2.48 bits per heavy atom. The molecule has 0 saturated heterocycles. The fourth-order valence-corrected chi connectivity index (χ4v) is 5.82. The first-order valence-corrected chi connectivity index (χ1v) is 11.2. The van der Waals surface area contributed by atoms with E-state index in [0.717, 1.165) is 31.6 Å². The predicted octanol–water partition coefficient (Wildman–Crippen LogP) is 5.05. The lowest BCUT2D eigenvalue weighted by Gasteiger charge is -2.35. The molecule has 154 valence electrons. The zero-order valence-corrected chi connectivity index (χ0v) is 17.4. The molecule has 0 aromatic heterocycles. The maximum atomic E-state index is 9.92. The molecule has 1 spiro atoms. The van der Waals surface area contributed by atoms with E-state index < -0.39 is 5.60 Å². The third kappa shape index (κ3) is 6.44. The van der Waals surface area contributed by atoms with Crippen LogP contribution in [-0.4, -0.2) is 33.1 Å². The van der Waals surface area contributed by atoms with E-state index in [2.05, 4.69) is 12.2 Å². The third-order valence-corrected chi connectivity index (χ3v) is 7.11. The predicted molar refractivity (Wildman–Crippen MR) is 110 cm³/mol. The van der Waals surface area contributed by atoms with E-state index in [4.69, 9.17) is 0 Å². The van der Waals surface area contributed by atoms with Crippen molar-refractivity contribution in [3.05, 3.63) is 23.3 Å². The Labute approximate surface area is 165 Å². The Morgan fingerprint density at radius 1 is 1.07 bits per heavy atom. The van der Waals surface area contributed by atoms with Gasteiger partial charge in [0.25, 0.3) is 0 Å². The summed E-state index contributed by atoms with van der Waals surface area (Å²) in [6.07, 6.45) is 18.2. The molecule has 0 radical (unpaired) electrons. The topological polar surface area (TPSA) is 60.7 Å². The summed E-state index contributed by atoms with van der Waals surface area (Å²) in [7, 11) is 0. The van der Waals surface area contributed by atoms with Gasteiger partial charge in [0, 0.05) is 0 Å². The molecule has 3 N–H and O–H groups in total. The highest BCUT2D eigenvalue weighted by Gasteiger charge is 2.40. The molecule has 3 aliphatic carbocycles. The van der Waals surface area contributed by atoms with Crippen LogP contribution in [0.2, 0.25) is 0 Å². The Bertz CT molecular complexity index is 544. The molecule has 4 atom stereocenters. The van der Waals surface area contributed by atoms with Gasteiger partial charge in [0.2, 0.25) is 0 Å². The van der Waals surface area contributed by atoms with Crippen molar-refractivity contribution in [1.29, 1.82) is 0 Å². The summed E-state index contributed by atoms with van der Waals surface area (Å²) in [5.74, 6) is 0.841. The zero-order chi connectivity index (χ0) is 19.5. The molecule has 3 fully saturated rings. The number of rotatable bonds is 5. The third-order valence-electron chi connectivity index (χ3n) is 7.11. The summed E-state index contributed by atoms with van der Waals surface area (Å²) in [6.45, 7) is 3.83. The van der Waals surface area contributed by atoms with Gasteiger partial charge in [0.1, 0.15) is 0 Å². The first-order valence-electron chi connectivity index (χ1n) is 11.2. The van der Waals surface area contributed by atoms with E-state index in [0.29, 0.717) is 11.8 Å². The fraction of sp³-hybridized carbons (Fsp3) is 0.833. The van der Waals surface area contributed by atoms with Crippen LogP contribution in [0.3, 0.4) is 0 Å². The fourth-order valence-electron chi connectivity index (χ4n) is 5.82. The SMILES string of the molecule is CC(C)(O)CCC[C@H]1CC[C@@]2(CCC/C(=C/C=C3C[C@@H](O)C[C@H](O)C3)C2)C1. The molecule has 0 unspecified atom stereocenters. The van der Waals surface area contributed by atoms with Gasteiger partial charge in [-0.2, -0.15) is 0 Å². The van der Waals surface area contributed by atoms with Crippen LogP contribution < -0.4 is 0 Å². The molecule has 0 bridgehead atoms. The van der Waals surface area contributed by atoms with E-state index >= 15 is 0 Å². The minimum absolute atomic E-state index is 0.379. The highest BCUT2D eigenvalue weighted by atomic mass is 16.3. The number of hydrogen-bond donors (Lipinski definition) is 3. The van der Waals surface area contributed by atoms with Crippen molar-refractivity contribution in [3.8, 4) is 0 Å². The van der Waals surface area contributed by atoms with Crippen molar-refractivity contribution in [2.45, 2.75) is 115 Å². The second-order valence-corrected chi connectivity index (χ2v) is 10.4. The maximum absolute atomic E-state index is 9.92. The largest absolute Gasteiger partial charge is 0.393 e. The van der Waals surface area contributed by atoms with Crippen LogP contribution in [0.25, 0.3) is 0 Å². The first-order chi connectivity index (χ1) is 12.7. The molecule has 0 aliphatic heterocycles. The lowest BCUT2D eigenvalue weighted by molar-refractivity contribution is 0.0608. The monoisotopic (exact) mass is 376 g/mol. The van der Waals surface area contributed by atoms with Gasteiger partial charge in [0.05, 0.1) is 17.8 Å². The smallest absolute Gasteiger partial charge is 0.0602 e. The summed E-state index contributed by atoms with van der Waals surface area (Å²) in [4.78, 5) is 0. The second kappa shape index (κ2) is 8.80. The van der Waals surface area contributed by atoms with E-state index in [9.17, 15) is 15.3 Å². The molecule has 3 heteroatoms. The summed E-state index contributed by atoms with van der Waals surface area (Å²) in [5.41, 5.74) is 2.77. The van der Waals surface area contributed by atoms with Crippen molar-refractivity contribution in [2.75, 3.05) is 0 Å². The van der Waals surface area contributed by atoms with E-state index in [1.54, 1.807) is 5.57 Å². The summed E-state index contributed by atoms with van der Waals surface area (Å²) in [6, 6.07) is 0. The quantitative estimate of drug-likeness (QED) is 0.629. The van der Waals surface area contributed by atoms with Crippen LogP contribution in [0.5, 0.6) is 0 Å². The van der Waals surface area contributed by atoms with Crippen LogP contribution in [0.1, 0.15) is 97.3 Å². The lowest BCUT2D eigenvalue weighted by atomic mass is 9.70. The molecule has 0 amide bonds. The van der Waals surface area contributed by atoms with Crippen molar-refractivity contribution in [1.82, 2.24) is 0 Å². The minimum atomic E-state index is -0.523. The van der Waals surface area contributed by atoms with Crippen molar-refractivity contribution < 1.29 is 15.3 Å². The minimum Gasteiger partial charge on any atom is -0.393 e. The van der Waals surface area contributed by atoms with Gasteiger partial charge in [0.15, 0.2) is 0 Å². The van der Waals surface area contributed by atoms with E-state index in [1.807, 2.05) is 13.8 Å². The van der Waals surface area contributed by atoms with Crippen LogP contribution in [0, 0.1) is 11.3 Å². The highest BCUT2D eigenvalue weighted by molar-refractivity contribution is 5.22. The van der Waals surface area contributed by atoms with Crippen LogP contribution in [-0.2, 0) is 0 Å². The van der Waals surface area contributed by atoms with Crippen LogP contribution >= 0.6 is 0 Å². The van der Waals surface area contributed by atoms with Crippen molar-refractivity contribution in [3.63, 3.8) is 0 Å². The van der Waals surface area contributed by atoms with Gasteiger partial charge < -0.3 is 15.3 Å².